The van der Waals surface area contributed by atoms with E-state index in [0.29, 0.717) is 25.3 Å². The van der Waals surface area contributed by atoms with Crippen molar-refractivity contribution in [3.8, 4) is 0 Å². The minimum Gasteiger partial charge on any atom is -0.399 e. The fraction of sp³-hybridized carbons (Fsp3) is 0.350. The minimum absolute atomic E-state index is 0.0745. The molecule has 1 saturated heterocycles. The largest absolute Gasteiger partial charge is 0.399 e. The number of amides is 1. The van der Waals surface area contributed by atoms with Gasteiger partial charge in [-0.05, 0) is 37.1 Å². The van der Waals surface area contributed by atoms with Crippen molar-refractivity contribution in [2.24, 2.45) is 0 Å². The molecule has 0 saturated carbocycles. The molecule has 0 aromatic heterocycles. The van der Waals surface area contributed by atoms with Gasteiger partial charge >= 0.3 is 0 Å². The Labute approximate surface area is 143 Å². The second-order valence-electron chi connectivity index (χ2n) is 6.95. The molecule has 1 aliphatic heterocycles. The standard InChI is InChI=1S/C20H24N2O2/c1-20(2)14-24-18(16-6-4-3-5-7-16)13-22(20)19(23)12-15-8-10-17(21)11-9-15/h3-11,18H,12-14,21H2,1-2H3. The van der Waals surface area contributed by atoms with Crippen molar-refractivity contribution in [1.29, 1.82) is 0 Å². The van der Waals surface area contributed by atoms with Gasteiger partial charge in [0.25, 0.3) is 0 Å². The fourth-order valence-electron chi connectivity index (χ4n) is 3.06. The van der Waals surface area contributed by atoms with Crippen molar-refractivity contribution in [2.45, 2.75) is 31.9 Å². The van der Waals surface area contributed by atoms with Crippen LogP contribution in [0.3, 0.4) is 0 Å². The van der Waals surface area contributed by atoms with Crippen molar-refractivity contribution in [3.05, 3.63) is 65.7 Å². The maximum atomic E-state index is 12.9. The van der Waals surface area contributed by atoms with Crippen LogP contribution in [0.2, 0.25) is 0 Å². The van der Waals surface area contributed by atoms with E-state index < -0.39 is 0 Å². The molecule has 1 heterocycles. The number of carbonyl (C=O) groups excluding carboxylic acids is 1. The average Bonchev–Trinajstić information content (AvgIpc) is 2.57. The quantitative estimate of drug-likeness (QED) is 0.882. The second kappa shape index (κ2) is 6.65. The molecule has 3 rings (SSSR count). The zero-order valence-electron chi connectivity index (χ0n) is 14.2. The van der Waals surface area contributed by atoms with Gasteiger partial charge in [0.2, 0.25) is 5.91 Å². The summed E-state index contributed by atoms with van der Waals surface area (Å²) in [6.07, 6.45) is 0.306. The molecule has 0 bridgehead atoms. The number of rotatable bonds is 3. The molecule has 2 aromatic carbocycles. The van der Waals surface area contributed by atoms with Crippen LogP contribution in [0.15, 0.2) is 54.6 Å². The highest BCUT2D eigenvalue weighted by atomic mass is 16.5. The number of hydrogen-bond donors (Lipinski definition) is 1. The van der Waals surface area contributed by atoms with E-state index in [9.17, 15) is 4.79 Å². The summed E-state index contributed by atoms with van der Waals surface area (Å²) in [7, 11) is 0. The lowest BCUT2D eigenvalue weighted by Crippen LogP contribution is -2.56. The summed E-state index contributed by atoms with van der Waals surface area (Å²) >= 11 is 0. The Hall–Kier alpha value is -2.33. The summed E-state index contributed by atoms with van der Waals surface area (Å²) in [5, 5.41) is 0. The maximum Gasteiger partial charge on any atom is 0.227 e. The van der Waals surface area contributed by atoms with E-state index in [2.05, 4.69) is 13.8 Å². The molecule has 0 radical (unpaired) electrons. The molecule has 1 amide bonds. The number of carbonyl (C=O) groups is 1. The van der Waals surface area contributed by atoms with Gasteiger partial charge in [-0.1, -0.05) is 42.5 Å². The second-order valence-corrected chi connectivity index (χ2v) is 6.95. The molecule has 0 spiro atoms. The fourth-order valence-corrected chi connectivity index (χ4v) is 3.06. The van der Waals surface area contributed by atoms with Crippen LogP contribution in [0.4, 0.5) is 5.69 Å². The lowest BCUT2D eigenvalue weighted by molar-refractivity contribution is -0.154. The van der Waals surface area contributed by atoms with Crippen LogP contribution in [0.1, 0.15) is 31.1 Å². The molecule has 126 valence electrons. The summed E-state index contributed by atoms with van der Waals surface area (Å²) in [4.78, 5) is 14.8. The molecule has 24 heavy (non-hydrogen) atoms. The summed E-state index contributed by atoms with van der Waals surface area (Å²) in [5.74, 6) is 0.119. The molecule has 4 heteroatoms. The van der Waals surface area contributed by atoms with Crippen molar-refractivity contribution in [1.82, 2.24) is 4.90 Å². The van der Waals surface area contributed by atoms with Crippen LogP contribution in [0.25, 0.3) is 0 Å². The molecule has 1 aliphatic rings. The van der Waals surface area contributed by atoms with Crippen molar-refractivity contribution in [2.75, 3.05) is 18.9 Å². The molecule has 1 fully saturated rings. The van der Waals surface area contributed by atoms with E-state index in [0.717, 1.165) is 11.1 Å². The summed E-state index contributed by atoms with van der Waals surface area (Å²) in [6, 6.07) is 17.6. The molecule has 1 unspecified atom stereocenters. The van der Waals surface area contributed by atoms with Gasteiger partial charge in [0.05, 0.1) is 25.1 Å². The van der Waals surface area contributed by atoms with Crippen LogP contribution in [-0.4, -0.2) is 29.5 Å². The number of hydrogen-bond acceptors (Lipinski definition) is 3. The first-order valence-electron chi connectivity index (χ1n) is 8.27. The lowest BCUT2D eigenvalue weighted by Gasteiger charge is -2.45. The van der Waals surface area contributed by atoms with E-state index in [1.54, 1.807) is 0 Å². The van der Waals surface area contributed by atoms with Crippen LogP contribution >= 0.6 is 0 Å². The van der Waals surface area contributed by atoms with Gasteiger partial charge in [0.1, 0.15) is 6.10 Å². The molecule has 0 aliphatic carbocycles. The number of nitrogens with two attached hydrogens (primary N) is 1. The number of morpholine rings is 1. The normalized spacial score (nSPS) is 19.9. The lowest BCUT2D eigenvalue weighted by atomic mass is 9.97. The molecule has 4 nitrogen and oxygen atoms in total. The Kier molecular flexibility index (Phi) is 4.58. The predicted molar refractivity (Wildman–Crippen MR) is 95.5 cm³/mol. The first-order valence-corrected chi connectivity index (χ1v) is 8.27. The third-order valence-electron chi connectivity index (χ3n) is 4.52. The zero-order valence-corrected chi connectivity index (χ0v) is 14.2. The van der Waals surface area contributed by atoms with Gasteiger partial charge in [-0.2, -0.15) is 0 Å². The van der Waals surface area contributed by atoms with Crippen LogP contribution in [0, 0.1) is 0 Å². The molecular formula is C20H24N2O2. The average molecular weight is 324 g/mol. The zero-order chi connectivity index (χ0) is 17.2. The number of ether oxygens (including phenoxy) is 1. The first-order chi connectivity index (χ1) is 11.5. The third kappa shape index (κ3) is 3.60. The van der Waals surface area contributed by atoms with Crippen molar-refractivity contribution < 1.29 is 9.53 Å². The highest BCUT2D eigenvalue weighted by molar-refractivity contribution is 5.79. The van der Waals surface area contributed by atoms with Gasteiger partial charge in [-0.25, -0.2) is 0 Å². The van der Waals surface area contributed by atoms with Gasteiger partial charge < -0.3 is 15.4 Å². The molecule has 2 aromatic rings. The Balaban J connectivity index is 1.75. The first kappa shape index (κ1) is 16.5. The Morgan fingerprint density at radius 3 is 2.50 bits per heavy atom. The summed E-state index contributed by atoms with van der Waals surface area (Å²) in [6.45, 7) is 5.20. The van der Waals surface area contributed by atoms with Crippen LogP contribution in [-0.2, 0) is 16.0 Å². The number of nitrogens with zero attached hydrogens (tertiary/aromatic N) is 1. The van der Waals surface area contributed by atoms with Crippen LogP contribution in [0.5, 0.6) is 0 Å². The van der Waals surface area contributed by atoms with E-state index in [1.807, 2.05) is 59.5 Å². The summed E-state index contributed by atoms with van der Waals surface area (Å²) in [5.41, 5.74) is 8.20. The van der Waals surface area contributed by atoms with Crippen molar-refractivity contribution >= 4 is 11.6 Å². The smallest absolute Gasteiger partial charge is 0.227 e. The maximum absolute atomic E-state index is 12.9. The van der Waals surface area contributed by atoms with E-state index in [4.69, 9.17) is 10.5 Å². The predicted octanol–water partition coefficient (Wildman–Crippen LogP) is 3.19. The van der Waals surface area contributed by atoms with Crippen molar-refractivity contribution in [3.63, 3.8) is 0 Å². The molecule has 2 N–H and O–H groups in total. The number of anilines is 1. The van der Waals surface area contributed by atoms with Gasteiger partial charge in [0, 0.05) is 5.69 Å². The highest BCUT2D eigenvalue weighted by Crippen LogP contribution is 2.30. The summed E-state index contributed by atoms with van der Waals surface area (Å²) < 4.78 is 6.02. The van der Waals surface area contributed by atoms with Gasteiger partial charge in [0.15, 0.2) is 0 Å². The Morgan fingerprint density at radius 2 is 1.83 bits per heavy atom. The Morgan fingerprint density at radius 1 is 1.17 bits per heavy atom. The van der Waals surface area contributed by atoms with Crippen LogP contribution < -0.4 is 5.73 Å². The minimum atomic E-state index is -0.309. The van der Waals surface area contributed by atoms with Gasteiger partial charge in [-0.15, -0.1) is 0 Å². The monoisotopic (exact) mass is 324 g/mol. The van der Waals surface area contributed by atoms with E-state index in [1.165, 1.54) is 0 Å². The number of benzene rings is 2. The number of nitrogen functional groups attached to an aromatic ring is 1. The van der Waals surface area contributed by atoms with E-state index >= 15 is 0 Å². The molecule has 1 atom stereocenters. The van der Waals surface area contributed by atoms with E-state index in [-0.39, 0.29) is 17.6 Å². The topological polar surface area (TPSA) is 55.6 Å². The highest BCUT2D eigenvalue weighted by Gasteiger charge is 2.38. The third-order valence-corrected chi connectivity index (χ3v) is 4.52. The Bertz CT molecular complexity index is 695. The molecular weight excluding hydrogens is 300 g/mol. The SMILES string of the molecule is CC1(C)COC(c2ccccc2)CN1C(=O)Cc1ccc(N)cc1. The van der Waals surface area contributed by atoms with Gasteiger partial charge in [-0.3, -0.25) is 4.79 Å².